The van der Waals surface area contributed by atoms with E-state index in [1.54, 1.807) is 30.3 Å². The smallest absolute Gasteiger partial charge is 0.416 e. The van der Waals surface area contributed by atoms with Crippen molar-refractivity contribution in [3.63, 3.8) is 0 Å². The highest BCUT2D eigenvalue weighted by Gasteiger charge is 2.30. The Morgan fingerprint density at radius 3 is 2.64 bits per heavy atom. The first-order valence-corrected chi connectivity index (χ1v) is 10.6. The van der Waals surface area contributed by atoms with Crippen LogP contribution in [0.3, 0.4) is 0 Å². The molecule has 0 spiro atoms. The van der Waals surface area contributed by atoms with Crippen LogP contribution in [0, 0.1) is 11.3 Å². The van der Waals surface area contributed by atoms with Crippen molar-refractivity contribution >= 4 is 17.7 Å². The molecule has 7 nitrogen and oxygen atoms in total. The number of halogens is 3. The number of nitrogens with one attached hydrogen (secondary N) is 1. The predicted molar refractivity (Wildman–Crippen MR) is 124 cm³/mol. The number of benzene rings is 3. The zero-order chi connectivity index (χ0) is 25.7. The molecule has 0 saturated heterocycles. The normalized spacial score (nSPS) is 12.6. The van der Waals surface area contributed by atoms with Crippen LogP contribution in [0.1, 0.15) is 16.7 Å². The number of anilines is 1. The van der Waals surface area contributed by atoms with Crippen molar-refractivity contribution in [3.05, 3.63) is 82.9 Å². The number of hydrogen-bond donors (Lipinski definition) is 1. The SMILES string of the molecule is COc1ccc(C=C(C#N)C(=O)Nc2ccc3c(c2)OCO3)cc1OCc1cccc(C(F)(F)F)c1. The fourth-order valence-electron chi connectivity index (χ4n) is 3.38. The molecule has 0 unspecified atom stereocenters. The minimum absolute atomic E-state index is 0.0890. The lowest BCUT2D eigenvalue weighted by molar-refractivity contribution is -0.137. The molecule has 184 valence electrons. The number of alkyl halides is 3. The van der Waals surface area contributed by atoms with Crippen LogP contribution >= 0.6 is 0 Å². The van der Waals surface area contributed by atoms with Crippen LogP contribution in [0.15, 0.2) is 66.2 Å². The quantitative estimate of drug-likeness (QED) is 0.340. The summed E-state index contributed by atoms with van der Waals surface area (Å²) >= 11 is 0. The van der Waals surface area contributed by atoms with Gasteiger partial charge in [0, 0.05) is 11.8 Å². The number of nitrogens with zero attached hydrogens (tertiary/aromatic N) is 1. The van der Waals surface area contributed by atoms with E-state index >= 15 is 0 Å². The highest BCUT2D eigenvalue weighted by molar-refractivity contribution is 6.09. The summed E-state index contributed by atoms with van der Waals surface area (Å²) < 4.78 is 60.4. The highest BCUT2D eigenvalue weighted by Crippen LogP contribution is 2.35. The van der Waals surface area contributed by atoms with Gasteiger partial charge in [0.2, 0.25) is 6.79 Å². The first-order chi connectivity index (χ1) is 17.3. The third kappa shape index (κ3) is 5.70. The van der Waals surface area contributed by atoms with Crippen molar-refractivity contribution in [3.8, 4) is 29.1 Å². The number of nitriles is 1. The lowest BCUT2D eigenvalue weighted by Gasteiger charge is -2.13. The van der Waals surface area contributed by atoms with Crippen LogP contribution in [-0.4, -0.2) is 19.8 Å². The molecule has 4 rings (SSSR count). The lowest BCUT2D eigenvalue weighted by Crippen LogP contribution is -2.13. The van der Waals surface area contributed by atoms with Crippen molar-refractivity contribution in [1.29, 1.82) is 5.26 Å². The molecule has 0 aromatic heterocycles. The molecule has 3 aromatic carbocycles. The molecule has 0 aliphatic carbocycles. The minimum atomic E-state index is -4.47. The van der Waals surface area contributed by atoms with Gasteiger partial charge in [0.05, 0.1) is 12.7 Å². The molecule has 1 N–H and O–H groups in total. The molecule has 0 radical (unpaired) electrons. The van der Waals surface area contributed by atoms with Gasteiger partial charge in [0.1, 0.15) is 18.2 Å². The Kier molecular flexibility index (Phi) is 7.01. The van der Waals surface area contributed by atoms with Crippen molar-refractivity contribution in [1.82, 2.24) is 0 Å². The lowest BCUT2D eigenvalue weighted by atomic mass is 10.1. The second-order valence-electron chi connectivity index (χ2n) is 7.59. The summed E-state index contributed by atoms with van der Waals surface area (Å²) in [5.41, 5.74) is 0.229. The van der Waals surface area contributed by atoms with E-state index in [4.69, 9.17) is 18.9 Å². The van der Waals surface area contributed by atoms with Crippen LogP contribution in [-0.2, 0) is 17.6 Å². The fourth-order valence-corrected chi connectivity index (χ4v) is 3.38. The molecule has 3 aromatic rings. The van der Waals surface area contributed by atoms with E-state index in [0.29, 0.717) is 34.1 Å². The van der Waals surface area contributed by atoms with E-state index in [2.05, 4.69) is 5.32 Å². The van der Waals surface area contributed by atoms with Gasteiger partial charge in [-0.1, -0.05) is 18.2 Å². The van der Waals surface area contributed by atoms with Gasteiger partial charge in [-0.25, -0.2) is 0 Å². The zero-order valence-electron chi connectivity index (χ0n) is 18.9. The maximum Gasteiger partial charge on any atom is 0.416 e. The molecule has 0 bridgehead atoms. The number of carbonyl (C=O) groups excluding carboxylic acids is 1. The van der Waals surface area contributed by atoms with Crippen LogP contribution in [0.25, 0.3) is 6.08 Å². The van der Waals surface area contributed by atoms with Crippen LogP contribution in [0.2, 0.25) is 0 Å². The number of hydrogen-bond acceptors (Lipinski definition) is 6. The number of carbonyl (C=O) groups is 1. The predicted octanol–water partition coefficient (Wildman–Crippen LogP) is 5.57. The molecule has 1 heterocycles. The highest BCUT2D eigenvalue weighted by atomic mass is 19.4. The average Bonchev–Trinajstić information content (AvgIpc) is 3.33. The zero-order valence-corrected chi connectivity index (χ0v) is 18.9. The summed E-state index contributed by atoms with van der Waals surface area (Å²) in [6.45, 7) is -0.0606. The summed E-state index contributed by atoms with van der Waals surface area (Å²) in [6.07, 6.45) is -3.10. The number of amides is 1. The third-order valence-corrected chi connectivity index (χ3v) is 5.14. The second-order valence-corrected chi connectivity index (χ2v) is 7.59. The molecule has 0 saturated carbocycles. The molecule has 36 heavy (non-hydrogen) atoms. The van der Waals surface area contributed by atoms with Crippen LogP contribution in [0.5, 0.6) is 23.0 Å². The summed E-state index contributed by atoms with van der Waals surface area (Å²) in [5.74, 6) is 0.964. The summed E-state index contributed by atoms with van der Waals surface area (Å²) in [7, 11) is 1.42. The van der Waals surface area contributed by atoms with Gasteiger partial charge >= 0.3 is 6.18 Å². The van der Waals surface area contributed by atoms with Crippen molar-refractivity contribution in [2.24, 2.45) is 0 Å². The number of methoxy groups -OCH3 is 1. The largest absolute Gasteiger partial charge is 0.493 e. The van der Waals surface area contributed by atoms with E-state index in [-0.39, 0.29) is 24.7 Å². The molecule has 1 amide bonds. The maximum atomic E-state index is 13.0. The Morgan fingerprint density at radius 1 is 1.08 bits per heavy atom. The molecular weight excluding hydrogens is 477 g/mol. The molecular formula is C26H19F3N2O5. The van der Waals surface area contributed by atoms with Gasteiger partial charge in [-0.2, -0.15) is 18.4 Å². The topological polar surface area (TPSA) is 89.8 Å². The van der Waals surface area contributed by atoms with Crippen molar-refractivity contribution in [2.45, 2.75) is 12.8 Å². The first kappa shape index (κ1) is 24.5. The van der Waals surface area contributed by atoms with Gasteiger partial charge < -0.3 is 24.3 Å². The monoisotopic (exact) mass is 496 g/mol. The molecule has 0 atom stereocenters. The summed E-state index contributed by atoms with van der Waals surface area (Å²) in [6, 6.07) is 16.2. The van der Waals surface area contributed by atoms with E-state index < -0.39 is 17.6 Å². The second kappa shape index (κ2) is 10.3. The van der Waals surface area contributed by atoms with Gasteiger partial charge in [0.15, 0.2) is 23.0 Å². The Labute approximate surface area is 204 Å². The van der Waals surface area contributed by atoms with Crippen molar-refractivity contribution in [2.75, 3.05) is 19.2 Å². The van der Waals surface area contributed by atoms with E-state index in [9.17, 15) is 23.2 Å². The fraction of sp³-hybridized carbons (Fsp3) is 0.154. The Morgan fingerprint density at radius 2 is 1.89 bits per heavy atom. The van der Waals surface area contributed by atoms with Crippen LogP contribution in [0.4, 0.5) is 18.9 Å². The Bertz CT molecular complexity index is 1360. The molecule has 10 heteroatoms. The number of fused-ring (bicyclic) bond motifs is 1. The average molecular weight is 496 g/mol. The van der Waals surface area contributed by atoms with Crippen LogP contribution < -0.4 is 24.3 Å². The van der Waals surface area contributed by atoms with E-state index in [0.717, 1.165) is 12.1 Å². The Hall–Kier alpha value is -4.65. The Balaban J connectivity index is 1.51. The van der Waals surface area contributed by atoms with Crippen molar-refractivity contribution < 1.29 is 36.9 Å². The van der Waals surface area contributed by atoms with Gasteiger partial charge in [0.25, 0.3) is 5.91 Å². The molecule has 1 aliphatic rings. The first-order valence-electron chi connectivity index (χ1n) is 10.6. The number of ether oxygens (including phenoxy) is 4. The minimum Gasteiger partial charge on any atom is -0.493 e. The number of rotatable bonds is 7. The van der Waals surface area contributed by atoms with E-state index in [1.165, 1.54) is 31.4 Å². The van der Waals surface area contributed by atoms with Gasteiger partial charge in [-0.15, -0.1) is 0 Å². The standard InChI is InChI=1S/C26H19F3N2O5/c1-33-21-7-5-16(11-23(21)34-14-17-3-2-4-19(10-17)26(27,28)29)9-18(13-30)25(32)31-20-6-8-22-24(12-20)36-15-35-22/h2-12H,14-15H2,1H3,(H,31,32). The maximum absolute atomic E-state index is 13.0. The van der Waals surface area contributed by atoms with Gasteiger partial charge in [-0.05, 0) is 53.6 Å². The summed E-state index contributed by atoms with van der Waals surface area (Å²) in [5, 5.41) is 12.2. The molecule has 0 fully saturated rings. The van der Waals surface area contributed by atoms with Gasteiger partial charge in [-0.3, -0.25) is 4.79 Å². The van der Waals surface area contributed by atoms with E-state index in [1.807, 2.05) is 6.07 Å². The third-order valence-electron chi connectivity index (χ3n) is 5.14. The summed E-state index contributed by atoms with van der Waals surface area (Å²) in [4.78, 5) is 12.7. The molecule has 1 aliphatic heterocycles.